The number of anilines is 2. The minimum absolute atomic E-state index is 0.0730. The van der Waals surface area contributed by atoms with E-state index < -0.39 is 0 Å². The molecule has 10 nitrogen and oxygen atoms in total. The summed E-state index contributed by atoms with van der Waals surface area (Å²) in [7, 11) is 3.48. The van der Waals surface area contributed by atoms with Gasteiger partial charge in [-0.05, 0) is 68.6 Å². The predicted octanol–water partition coefficient (Wildman–Crippen LogP) is 4.70. The average Bonchev–Trinajstić information content (AvgIpc) is 3.56. The van der Waals surface area contributed by atoms with E-state index in [0.29, 0.717) is 41.6 Å². The molecule has 1 aromatic carbocycles. The molecule has 1 aliphatic carbocycles. The van der Waals surface area contributed by atoms with Crippen LogP contribution in [0.4, 0.5) is 11.6 Å². The zero-order valence-corrected chi connectivity index (χ0v) is 22.6. The topological polar surface area (TPSA) is 125 Å². The van der Waals surface area contributed by atoms with Crippen LogP contribution in [0.1, 0.15) is 71.8 Å². The highest BCUT2D eigenvalue weighted by Gasteiger charge is 2.26. The number of carbonyl (C=O) groups excluding carboxylic acids is 2. The number of nitrogens with one attached hydrogen (secondary N) is 2. The van der Waals surface area contributed by atoms with Gasteiger partial charge in [-0.2, -0.15) is 4.98 Å². The molecule has 1 fully saturated rings. The summed E-state index contributed by atoms with van der Waals surface area (Å²) in [6, 6.07) is 6.73. The van der Waals surface area contributed by atoms with E-state index in [4.69, 9.17) is 4.98 Å². The number of fused-ring (bicyclic) bond motifs is 1. The fourth-order valence-corrected chi connectivity index (χ4v) is 4.83. The molecule has 1 saturated carbocycles. The van der Waals surface area contributed by atoms with Crippen LogP contribution < -0.4 is 10.6 Å². The third kappa shape index (κ3) is 6.35. The van der Waals surface area contributed by atoms with Gasteiger partial charge in [-0.1, -0.05) is 12.8 Å². The lowest BCUT2D eigenvalue weighted by Crippen LogP contribution is -2.25. The normalized spacial score (nSPS) is 13.3. The quantitative estimate of drug-likeness (QED) is 0.141. The number of hydrogen-bond acceptors (Lipinski definition) is 8. The molecule has 0 atom stereocenters. The highest BCUT2D eigenvalue weighted by molar-refractivity contribution is 7.78. The molecule has 0 unspecified atom stereocenters. The van der Waals surface area contributed by atoms with Crippen molar-refractivity contribution in [1.82, 2.24) is 24.8 Å². The number of benzene rings is 1. The first-order valence-corrected chi connectivity index (χ1v) is 13.3. The Kier molecular flexibility index (Phi) is 9.04. The summed E-state index contributed by atoms with van der Waals surface area (Å²) in [5, 5.41) is 19.6. The molecule has 38 heavy (non-hydrogen) atoms. The number of phenols is 1. The number of unbranched alkanes of at least 4 members (excludes halogenated alkanes) is 2. The Morgan fingerprint density at radius 1 is 1.21 bits per heavy atom. The maximum Gasteiger partial charge on any atom is 0.270 e. The second-order valence-corrected chi connectivity index (χ2v) is 9.84. The van der Waals surface area contributed by atoms with Gasteiger partial charge in [0.2, 0.25) is 5.95 Å². The smallest absolute Gasteiger partial charge is 0.270 e. The highest BCUT2D eigenvalue weighted by Crippen LogP contribution is 2.35. The van der Waals surface area contributed by atoms with Crippen molar-refractivity contribution >= 4 is 51.9 Å². The Hall–Kier alpha value is -3.82. The Bertz CT molecular complexity index is 1360. The summed E-state index contributed by atoms with van der Waals surface area (Å²) in [4.78, 5) is 39.9. The zero-order chi connectivity index (χ0) is 27.1. The van der Waals surface area contributed by atoms with Gasteiger partial charge in [-0.3, -0.25) is 9.59 Å². The number of aliphatic imine (C=N–C) groups is 1. The SMILES string of the molecule is CN(C)C(=O)c1cc2cnc(Nc3ccc(C(=O)NCCCCCN=C=S)cc3O)nc2n1C1CCCC1. The van der Waals surface area contributed by atoms with Crippen molar-refractivity contribution in [2.75, 3.05) is 32.5 Å². The molecule has 2 aromatic heterocycles. The number of aromatic hydroxyl groups is 1. The molecule has 1 aliphatic rings. The Labute approximate surface area is 227 Å². The van der Waals surface area contributed by atoms with Crippen molar-refractivity contribution in [2.24, 2.45) is 4.99 Å². The summed E-state index contributed by atoms with van der Waals surface area (Å²) in [5.41, 5.74) is 2.02. The third-order valence-electron chi connectivity index (χ3n) is 6.69. The molecular formula is C27H33N7O3S. The van der Waals surface area contributed by atoms with E-state index in [0.717, 1.165) is 50.3 Å². The largest absolute Gasteiger partial charge is 0.506 e. The first-order valence-electron chi connectivity index (χ1n) is 12.9. The lowest BCUT2D eigenvalue weighted by atomic mass is 10.1. The van der Waals surface area contributed by atoms with Gasteiger partial charge in [0.05, 0.1) is 10.8 Å². The van der Waals surface area contributed by atoms with Crippen molar-refractivity contribution in [1.29, 1.82) is 0 Å². The minimum atomic E-state index is -0.256. The third-order valence-corrected chi connectivity index (χ3v) is 6.82. The van der Waals surface area contributed by atoms with E-state index >= 15 is 0 Å². The molecule has 0 aliphatic heterocycles. The molecule has 3 N–H and O–H groups in total. The van der Waals surface area contributed by atoms with Crippen LogP contribution in [0.15, 0.2) is 35.5 Å². The van der Waals surface area contributed by atoms with E-state index in [1.54, 1.807) is 37.3 Å². The zero-order valence-electron chi connectivity index (χ0n) is 21.7. The van der Waals surface area contributed by atoms with Crippen molar-refractivity contribution in [2.45, 2.75) is 51.0 Å². The van der Waals surface area contributed by atoms with Crippen LogP contribution >= 0.6 is 12.2 Å². The standard InChI is InChI=1S/C27H33N7O3S/c1-33(2)26(37)22-14-19-16-30-27(32-24(19)34(22)20-8-4-5-9-20)31-21-11-10-18(15-23(21)35)25(36)29-13-7-3-6-12-28-17-38/h10-11,14-16,20,35H,3-9,12-13H2,1-2H3,(H,29,36)(H,30,31,32). The molecule has 2 heterocycles. The van der Waals surface area contributed by atoms with E-state index in [9.17, 15) is 14.7 Å². The number of phenolic OH excluding ortho intramolecular Hbond substituents is 1. The number of aromatic nitrogens is 3. The molecule has 3 aromatic rings. The van der Waals surface area contributed by atoms with Gasteiger partial charge < -0.3 is 25.2 Å². The molecule has 0 bridgehead atoms. The summed E-state index contributed by atoms with van der Waals surface area (Å²) in [6.45, 7) is 1.19. The molecule has 0 saturated heterocycles. The molecule has 0 spiro atoms. The van der Waals surface area contributed by atoms with E-state index in [2.05, 4.69) is 38.0 Å². The van der Waals surface area contributed by atoms with Gasteiger partial charge in [0.1, 0.15) is 17.1 Å². The van der Waals surface area contributed by atoms with Crippen LogP contribution in [0, 0.1) is 0 Å². The van der Waals surface area contributed by atoms with Gasteiger partial charge in [0.25, 0.3) is 11.8 Å². The predicted molar refractivity (Wildman–Crippen MR) is 151 cm³/mol. The van der Waals surface area contributed by atoms with Crippen LogP contribution in [0.5, 0.6) is 5.75 Å². The van der Waals surface area contributed by atoms with Gasteiger partial charge >= 0.3 is 0 Å². The first-order chi connectivity index (χ1) is 18.4. The highest BCUT2D eigenvalue weighted by atomic mass is 32.1. The van der Waals surface area contributed by atoms with Crippen LogP contribution in [0.3, 0.4) is 0 Å². The molecule has 200 valence electrons. The molecular weight excluding hydrogens is 502 g/mol. The van der Waals surface area contributed by atoms with Crippen LogP contribution in [0.25, 0.3) is 11.0 Å². The summed E-state index contributed by atoms with van der Waals surface area (Å²) >= 11 is 4.54. The average molecular weight is 536 g/mol. The van der Waals surface area contributed by atoms with Gasteiger partial charge in [0.15, 0.2) is 0 Å². The fraction of sp³-hybridized carbons (Fsp3) is 0.444. The number of hydrogen-bond donors (Lipinski definition) is 3. The van der Waals surface area contributed by atoms with Gasteiger partial charge in [-0.15, -0.1) is 0 Å². The number of thiocarbonyl (C=S) groups is 1. The van der Waals surface area contributed by atoms with Crippen molar-refractivity contribution in [3.05, 3.63) is 41.7 Å². The van der Waals surface area contributed by atoms with Crippen molar-refractivity contribution in [3.63, 3.8) is 0 Å². The second-order valence-electron chi connectivity index (χ2n) is 9.66. The maximum absolute atomic E-state index is 12.9. The monoisotopic (exact) mass is 535 g/mol. The van der Waals surface area contributed by atoms with Crippen LogP contribution in [-0.2, 0) is 0 Å². The number of amides is 2. The van der Waals surface area contributed by atoms with E-state index in [1.165, 1.54) is 6.07 Å². The Balaban J connectivity index is 1.47. The van der Waals surface area contributed by atoms with Gasteiger partial charge in [0, 0.05) is 50.4 Å². The molecule has 0 radical (unpaired) electrons. The number of isothiocyanates is 1. The Morgan fingerprint density at radius 3 is 2.71 bits per heavy atom. The van der Waals surface area contributed by atoms with E-state index in [1.807, 2.05) is 10.6 Å². The number of rotatable bonds is 11. The number of carbonyl (C=O) groups is 2. The lowest BCUT2D eigenvalue weighted by molar-refractivity contribution is 0.0815. The van der Waals surface area contributed by atoms with Crippen LogP contribution in [-0.4, -0.2) is 68.7 Å². The van der Waals surface area contributed by atoms with Gasteiger partial charge in [-0.25, -0.2) is 9.98 Å². The van der Waals surface area contributed by atoms with Crippen molar-refractivity contribution in [3.8, 4) is 5.75 Å². The van der Waals surface area contributed by atoms with Crippen LogP contribution in [0.2, 0.25) is 0 Å². The molecule has 4 rings (SSSR count). The Morgan fingerprint density at radius 2 is 2.00 bits per heavy atom. The fourth-order valence-electron chi connectivity index (χ4n) is 4.74. The number of nitrogens with zero attached hydrogens (tertiary/aromatic N) is 5. The maximum atomic E-state index is 12.9. The first kappa shape index (κ1) is 27.2. The summed E-state index contributed by atoms with van der Waals surface area (Å²) < 4.78 is 2.04. The minimum Gasteiger partial charge on any atom is -0.506 e. The molecule has 11 heteroatoms. The van der Waals surface area contributed by atoms with Crippen molar-refractivity contribution < 1.29 is 14.7 Å². The molecule has 2 amide bonds. The summed E-state index contributed by atoms with van der Waals surface area (Å²) in [5.74, 6) is -0.122. The van der Waals surface area contributed by atoms with E-state index in [-0.39, 0.29) is 23.6 Å². The summed E-state index contributed by atoms with van der Waals surface area (Å²) in [6.07, 6.45) is 8.56. The second kappa shape index (κ2) is 12.6. The lowest BCUT2D eigenvalue weighted by Gasteiger charge is -2.19.